The molecule has 1 atom stereocenters. The number of methoxy groups -OCH3 is 1. The quantitative estimate of drug-likeness (QED) is 0.734. The Morgan fingerprint density at radius 3 is 2.89 bits per heavy atom. The van der Waals surface area contributed by atoms with Gasteiger partial charge in [0.05, 0.1) is 7.11 Å². The van der Waals surface area contributed by atoms with Crippen molar-refractivity contribution in [3.8, 4) is 11.5 Å². The molecule has 0 spiro atoms. The van der Waals surface area contributed by atoms with E-state index < -0.39 is 6.10 Å². The van der Waals surface area contributed by atoms with Crippen LogP contribution in [0.25, 0.3) is 0 Å². The summed E-state index contributed by atoms with van der Waals surface area (Å²) in [5.74, 6) is 2.31. The molecule has 100 valence electrons. The van der Waals surface area contributed by atoms with E-state index >= 15 is 0 Å². The predicted molar refractivity (Wildman–Crippen MR) is 70.1 cm³/mol. The van der Waals surface area contributed by atoms with Crippen LogP contribution in [0.3, 0.4) is 0 Å². The molecule has 1 aliphatic rings. The Morgan fingerprint density at radius 1 is 1.39 bits per heavy atom. The normalized spacial score (nSPS) is 16.3. The molecule has 1 saturated carbocycles. The first-order valence-electron chi connectivity index (χ1n) is 6.43. The zero-order valence-corrected chi connectivity index (χ0v) is 10.8. The third-order valence-corrected chi connectivity index (χ3v) is 2.99. The van der Waals surface area contributed by atoms with Crippen molar-refractivity contribution in [2.45, 2.75) is 18.9 Å². The fourth-order valence-corrected chi connectivity index (χ4v) is 1.72. The van der Waals surface area contributed by atoms with Gasteiger partial charge in [-0.15, -0.1) is 0 Å². The van der Waals surface area contributed by atoms with E-state index in [-0.39, 0.29) is 0 Å². The Bertz CT molecular complexity index is 366. The predicted octanol–water partition coefficient (Wildman–Crippen LogP) is 1.43. The van der Waals surface area contributed by atoms with Crippen LogP contribution in [0.5, 0.6) is 11.5 Å². The van der Waals surface area contributed by atoms with Gasteiger partial charge in [0.2, 0.25) is 0 Å². The SMILES string of the molecule is COc1cccc(OCC(O)CNCC2CC2)c1. The lowest BCUT2D eigenvalue weighted by Gasteiger charge is -2.13. The van der Waals surface area contributed by atoms with E-state index in [0.29, 0.717) is 13.2 Å². The minimum Gasteiger partial charge on any atom is -0.497 e. The number of rotatable bonds is 8. The maximum Gasteiger partial charge on any atom is 0.123 e. The Hall–Kier alpha value is -1.26. The Morgan fingerprint density at radius 2 is 2.17 bits per heavy atom. The summed E-state index contributed by atoms with van der Waals surface area (Å²) in [5, 5.41) is 13.0. The second-order valence-corrected chi connectivity index (χ2v) is 4.75. The van der Waals surface area contributed by atoms with E-state index in [0.717, 1.165) is 24.0 Å². The second-order valence-electron chi connectivity index (χ2n) is 4.75. The van der Waals surface area contributed by atoms with Crippen LogP contribution in [0.1, 0.15) is 12.8 Å². The van der Waals surface area contributed by atoms with Gasteiger partial charge in [-0.3, -0.25) is 0 Å². The van der Waals surface area contributed by atoms with E-state index in [2.05, 4.69) is 5.32 Å². The van der Waals surface area contributed by atoms with Crippen molar-refractivity contribution in [2.75, 3.05) is 26.8 Å². The maximum absolute atomic E-state index is 9.75. The topological polar surface area (TPSA) is 50.7 Å². The zero-order valence-electron chi connectivity index (χ0n) is 10.8. The van der Waals surface area contributed by atoms with Crippen LogP contribution >= 0.6 is 0 Å². The molecule has 1 fully saturated rings. The Labute approximate surface area is 108 Å². The number of aliphatic hydroxyl groups is 1. The van der Waals surface area contributed by atoms with Crippen molar-refractivity contribution in [3.63, 3.8) is 0 Å². The van der Waals surface area contributed by atoms with Gasteiger partial charge in [-0.05, 0) is 37.4 Å². The number of hydrogen-bond donors (Lipinski definition) is 2. The number of hydrogen-bond acceptors (Lipinski definition) is 4. The first kappa shape index (κ1) is 13.2. The van der Waals surface area contributed by atoms with Crippen molar-refractivity contribution >= 4 is 0 Å². The number of nitrogens with one attached hydrogen (secondary N) is 1. The summed E-state index contributed by atoms with van der Waals surface area (Å²) in [5.41, 5.74) is 0. The summed E-state index contributed by atoms with van der Waals surface area (Å²) >= 11 is 0. The molecule has 0 heterocycles. The first-order chi connectivity index (χ1) is 8.78. The van der Waals surface area contributed by atoms with Gasteiger partial charge in [-0.25, -0.2) is 0 Å². The fraction of sp³-hybridized carbons (Fsp3) is 0.571. The number of aliphatic hydroxyl groups excluding tert-OH is 1. The highest BCUT2D eigenvalue weighted by atomic mass is 16.5. The molecule has 4 nitrogen and oxygen atoms in total. The van der Waals surface area contributed by atoms with E-state index in [9.17, 15) is 5.11 Å². The van der Waals surface area contributed by atoms with Crippen LogP contribution in [-0.4, -0.2) is 38.0 Å². The molecule has 0 amide bonds. The third-order valence-electron chi connectivity index (χ3n) is 2.99. The van der Waals surface area contributed by atoms with E-state index in [4.69, 9.17) is 9.47 Å². The first-order valence-corrected chi connectivity index (χ1v) is 6.43. The summed E-state index contributed by atoms with van der Waals surface area (Å²) in [6.45, 7) is 1.89. The minimum atomic E-state index is -0.477. The monoisotopic (exact) mass is 251 g/mol. The van der Waals surface area contributed by atoms with Gasteiger partial charge in [0.25, 0.3) is 0 Å². The van der Waals surface area contributed by atoms with Crippen LogP contribution in [0, 0.1) is 5.92 Å². The lowest BCUT2D eigenvalue weighted by Crippen LogP contribution is -2.32. The molecule has 4 heteroatoms. The molecule has 1 aromatic rings. The molecule has 0 radical (unpaired) electrons. The molecule has 1 unspecified atom stereocenters. The largest absolute Gasteiger partial charge is 0.497 e. The molecule has 2 N–H and O–H groups in total. The van der Waals surface area contributed by atoms with Gasteiger partial charge in [0, 0.05) is 12.6 Å². The smallest absolute Gasteiger partial charge is 0.123 e. The highest BCUT2D eigenvalue weighted by Gasteiger charge is 2.20. The average molecular weight is 251 g/mol. The summed E-state index contributed by atoms with van der Waals surface area (Å²) < 4.78 is 10.6. The lowest BCUT2D eigenvalue weighted by molar-refractivity contribution is 0.106. The van der Waals surface area contributed by atoms with E-state index in [1.54, 1.807) is 7.11 Å². The third kappa shape index (κ3) is 4.55. The van der Waals surface area contributed by atoms with Crippen molar-refractivity contribution in [1.29, 1.82) is 0 Å². The number of benzene rings is 1. The van der Waals surface area contributed by atoms with E-state index in [1.165, 1.54) is 12.8 Å². The summed E-state index contributed by atoms with van der Waals surface area (Å²) in [6.07, 6.45) is 2.17. The molecule has 1 aliphatic carbocycles. The summed E-state index contributed by atoms with van der Waals surface area (Å²) in [7, 11) is 1.62. The van der Waals surface area contributed by atoms with Crippen LogP contribution in [0.2, 0.25) is 0 Å². The van der Waals surface area contributed by atoms with Gasteiger partial charge in [-0.1, -0.05) is 6.07 Å². The van der Waals surface area contributed by atoms with Crippen molar-refractivity contribution in [2.24, 2.45) is 5.92 Å². The summed E-state index contributed by atoms with van der Waals surface area (Å²) in [6, 6.07) is 7.39. The maximum atomic E-state index is 9.75. The minimum absolute atomic E-state index is 0.296. The lowest BCUT2D eigenvalue weighted by atomic mass is 10.3. The highest BCUT2D eigenvalue weighted by molar-refractivity contribution is 5.32. The van der Waals surface area contributed by atoms with Gasteiger partial charge in [0.15, 0.2) is 0 Å². The van der Waals surface area contributed by atoms with Crippen molar-refractivity contribution in [1.82, 2.24) is 5.32 Å². The van der Waals surface area contributed by atoms with Crippen molar-refractivity contribution < 1.29 is 14.6 Å². The Balaban J connectivity index is 1.65. The molecule has 0 aliphatic heterocycles. The van der Waals surface area contributed by atoms with Crippen LogP contribution in [-0.2, 0) is 0 Å². The van der Waals surface area contributed by atoms with Gasteiger partial charge < -0.3 is 19.9 Å². The molecular formula is C14H21NO3. The van der Waals surface area contributed by atoms with Gasteiger partial charge in [-0.2, -0.15) is 0 Å². The summed E-state index contributed by atoms with van der Waals surface area (Å²) in [4.78, 5) is 0. The fourth-order valence-electron chi connectivity index (χ4n) is 1.72. The molecule has 2 rings (SSSR count). The highest BCUT2D eigenvalue weighted by Crippen LogP contribution is 2.27. The van der Waals surface area contributed by atoms with Gasteiger partial charge >= 0.3 is 0 Å². The van der Waals surface area contributed by atoms with Crippen LogP contribution < -0.4 is 14.8 Å². The zero-order chi connectivity index (χ0) is 12.8. The second kappa shape index (κ2) is 6.61. The Kier molecular flexibility index (Phi) is 4.84. The average Bonchev–Trinajstić information content (AvgIpc) is 3.21. The molecule has 0 saturated heterocycles. The number of ether oxygens (including phenoxy) is 2. The standard InChI is InChI=1S/C14H21NO3/c1-17-13-3-2-4-14(7-13)18-10-12(16)9-15-8-11-5-6-11/h2-4,7,11-12,15-16H,5-6,8-10H2,1H3. The molecule has 0 bridgehead atoms. The molecular weight excluding hydrogens is 230 g/mol. The van der Waals surface area contributed by atoms with Gasteiger partial charge in [0.1, 0.15) is 24.2 Å². The van der Waals surface area contributed by atoms with Crippen LogP contribution in [0.4, 0.5) is 0 Å². The van der Waals surface area contributed by atoms with Crippen LogP contribution in [0.15, 0.2) is 24.3 Å². The molecule has 1 aromatic carbocycles. The molecule has 18 heavy (non-hydrogen) atoms. The molecule has 0 aromatic heterocycles. The van der Waals surface area contributed by atoms with E-state index in [1.807, 2.05) is 24.3 Å². The van der Waals surface area contributed by atoms with Crippen molar-refractivity contribution in [3.05, 3.63) is 24.3 Å².